The fourth-order valence-corrected chi connectivity index (χ4v) is 2.21. The summed E-state index contributed by atoms with van der Waals surface area (Å²) in [6.07, 6.45) is 0. The highest BCUT2D eigenvalue weighted by Gasteiger charge is 2.07. The van der Waals surface area contributed by atoms with Crippen molar-refractivity contribution < 1.29 is 0 Å². The summed E-state index contributed by atoms with van der Waals surface area (Å²) in [6, 6.07) is 8.32. The summed E-state index contributed by atoms with van der Waals surface area (Å²) in [4.78, 5) is 6.24. The number of halogens is 1. The molecule has 0 atom stereocenters. The topological polar surface area (TPSA) is 16.1 Å². The van der Waals surface area contributed by atoms with Crippen LogP contribution in [0.15, 0.2) is 29.6 Å². The fraction of sp³-hybridized carbons (Fsp3) is 0.182. The van der Waals surface area contributed by atoms with Crippen LogP contribution in [0.1, 0.15) is 5.56 Å². The van der Waals surface area contributed by atoms with E-state index >= 15 is 0 Å². The van der Waals surface area contributed by atoms with Gasteiger partial charge in [-0.05, 0) is 19.1 Å². The Kier molecular flexibility index (Phi) is 2.93. The molecule has 1 heterocycles. The second-order valence-electron chi connectivity index (χ2n) is 3.35. The van der Waals surface area contributed by atoms with Crippen molar-refractivity contribution in [3.8, 4) is 0 Å². The molecule has 0 saturated carbocycles. The molecule has 0 unspecified atom stereocenters. The van der Waals surface area contributed by atoms with Gasteiger partial charge in [0.2, 0.25) is 0 Å². The molecule has 0 saturated heterocycles. The molecule has 1 aromatic heterocycles. The van der Waals surface area contributed by atoms with E-state index in [1.807, 2.05) is 17.3 Å². The number of rotatable bonds is 2. The Hall–Kier alpha value is -1.06. The van der Waals surface area contributed by atoms with Crippen molar-refractivity contribution >= 4 is 33.8 Å². The number of benzene rings is 1. The Morgan fingerprint density at radius 2 is 1.93 bits per heavy atom. The number of thiazole rings is 1. The number of anilines is 2. The average Bonchev–Trinajstić information content (AvgIpc) is 2.65. The maximum Gasteiger partial charge on any atom is 0.191 e. The predicted molar refractivity (Wildman–Crippen MR) is 66.4 cm³/mol. The van der Waals surface area contributed by atoms with E-state index in [1.54, 1.807) is 0 Å². The van der Waals surface area contributed by atoms with Crippen molar-refractivity contribution in [1.29, 1.82) is 0 Å². The van der Waals surface area contributed by atoms with E-state index in [9.17, 15) is 0 Å². The van der Waals surface area contributed by atoms with Crippen LogP contribution in [-0.2, 0) is 0 Å². The van der Waals surface area contributed by atoms with Gasteiger partial charge in [-0.2, -0.15) is 0 Å². The molecule has 0 N–H and O–H groups in total. The zero-order valence-corrected chi connectivity index (χ0v) is 10.1. The van der Waals surface area contributed by atoms with Gasteiger partial charge in [0.05, 0.1) is 0 Å². The second kappa shape index (κ2) is 4.21. The van der Waals surface area contributed by atoms with E-state index < -0.39 is 0 Å². The van der Waals surface area contributed by atoms with Gasteiger partial charge in [0.1, 0.15) is 5.15 Å². The molecular weight excluding hydrogens is 228 g/mol. The zero-order chi connectivity index (χ0) is 10.8. The summed E-state index contributed by atoms with van der Waals surface area (Å²) in [6.45, 7) is 2.07. The smallest absolute Gasteiger partial charge is 0.191 e. The number of hydrogen-bond donors (Lipinski definition) is 0. The summed E-state index contributed by atoms with van der Waals surface area (Å²) in [5.41, 5.74) is 2.37. The molecule has 0 radical (unpaired) electrons. The van der Waals surface area contributed by atoms with E-state index in [0.717, 1.165) is 10.8 Å². The highest BCUT2D eigenvalue weighted by Crippen LogP contribution is 2.28. The Morgan fingerprint density at radius 1 is 1.27 bits per heavy atom. The average molecular weight is 239 g/mol. The van der Waals surface area contributed by atoms with E-state index in [0.29, 0.717) is 5.15 Å². The molecule has 0 amide bonds. The minimum atomic E-state index is 0.550. The number of hydrogen-bond acceptors (Lipinski definition) is 3. The van der Waals surface area contributed by atoms with Crippen molar-refractivity contribution in [3.05, 3.63) is 40.4 Å². The Labute approximate surface area is 98.1 Å². The van der Waals surface area contributed by atoms with Gasteiger partial charge in [-0.3, -0.25) is 0 Å². The predicted octanol–water partition coefficient (Wildman–Crippen LogP) is 3.87. The van der Waals surface area contributed by atoms with Crippen molar-refractivity contribution in [2.24, 2.45) is 0 Å². The van der Waals surface area contributed by atoms with Gasteiger partial charge in [-0.25, -0.2) is 4.98 Å². The third-order valence-electron chi connectivity index (χ3n) is 2.17. The zero-order valence-electron chi connectivity index (χ0n) is 8.57. The fourth-order valence-electron chi connectivity index (χ4n) is 1.28. The van der Waals surface area contributed by atoms with Crippen LogP contribution in [0, 0.1) is 6.92 Å². The van der Waals surface area contributed by atoms with Crippen molar-refractivity contribution in [1.82, 2.24) is 4.98 Å². The number of nitrogens with zero attached hydrogens (tertiary/aromatic N) is 2. The lowest BCUT2D eigenvalue weighted by atomic mass is 10.2. The first kappa shape index (κ1) is 10.5. The van der Waals surface area contributed by atoms with Crippen LogP contribution < -0.4 is 4.90 Å². The maximum absolute atomic E-state index is 5.79. The number of aromatic nitrogens is 1. The highest BCUT2D eigenvalue weighted by atomic mass is 35.5. The van der Waals surface area contributed by atoms with E-state index in [4.69, 9.17) is 11.6 Å². The Morgan fingerprint density at radius 3 is 2.47 bits per heavy atom. The van der Waals surface area contributed by atoms with Crippen LogP contribution in [0.2, 0.25) is 5.15 Å². The third-order valence-corrected chi connectivity index (χ3v) is 3.41. The van der Waals surface area contributed by atoms with Crippen LogP contribution in [0.5, 0.6) is 0 Å². The molecule has 0 aliphatic carbocycles. The highest BCUT2D eigenvalue weighted by molar-refractivity contribution is 7.14. The van der Waals surface area contributed by atoms with Gasteiger partial charge < -0.3 is 4.90 Å². The normalized spacial score (nSPS) is 10.3. The van der Waals surface area contributed by atoms with Crippen LogP contribution in [0.4, 0.5) is 10.8 Å². The summed E-state index contributed by atoms with van der Waals surface area (Å²) in [5, 5.41) is 3.29. The molecule has 0 aliphatic rings. The molecule has 0 fully saturated rings. The molecular formula is C11H11ClN2S. The van der Waals surface area contributed by atoms with Crippen molar-refractivity contribution in [2.45, 2.75) is 6.92 Å². The van der Waals surface area contributed by atoms with Gasteiger partial charge >= 0.3 is 0 Å². The van der Waals surface area contributed by atoms with Crippen LogP contribution in [0.3, 0.4) is 0 Å². The molecule has 1 aromatic carbocycles. The summed E-state index contributed by atoms with van der Waals surface area (Å²) in [7, 11) is 1.99. The first-order chi connectivity index (χ1) is 7.16. The molecule has 2 rings (SSSR count). The maximum atomic E-state index is 5.79. The largest absolute Gasteiger partial charge is 0.321 e. The SMILES string of the molecule is Cc1ccc(N(C)c2nc(Cl)cs2)cc1. The summed E-state index contributed by atoms with van der Waals surface area (Å²) in [5.74, 6) is 0. The van der Waals surface area contributed by atoms with E-state index in [2.05, 4.69) is 36.2 Å². The molecule has 0 aliphatic heterocycles. The molecule has 2 aromatic rings. The minimum absolute atomic E-state index is 0.550. The Balaban J connectivity index is 2.28. The van der Waals surface area contributed by atoms with E-state index in [1.165, 1.54) is 16.9 Å². The Bertz CT molecular complexity index is 450. The first-order valence-corrected chi connectivity index (χ1v) is 5.84. The van der Waals surface area contributed by atoms with Crippen molar-refractivity contribution in [3.63, 3.8) is 0 Å². The third kappa shape index (κ3) is 2.30. The molecule has 15 heavy (non-hydrogen) atoms. The lowest BCUT2D eigenvalue weighted by molar-refractivity contribution is 1.17. The lowest BCUT2D eigenvalue weighted by Gasteiger charge is -2.15. The lowest BCUT2D eigenvalue weighted by Crippen LogP contribution is -2.08. The van der Waals surface area contributed by atoms with Crippen LogP contribution in [-0.4, -0.2) is 12.0 Å². The van der Waals surface area contributed by atoms with Crippen LogP contribution >= 0.6 is 22.9 Å². The first-order valence-electron chi connectivity index (χ1n) is 4.58. The molecule has 2 nitrogen and oxygen atoms in total. The monoisotopic (exact) mass is 238 g/mol. The molecule has 0 bridgehead atoms. The van der Waals surface area contributed by atoms with E-state index in [-0.39, 0.29) is 0 Å². The summed E-state index contributed by atoms with van der Waals surface area (Å²) >= 11 is 7.33. The van der Waals surface area contributed by atoms with Gasteiger partial charge in [0, 0.05) is 18.1 Å². The van der Waals surface area contributed by atoms with Gasteiger partial charge in [0.25, 0.3) is 0 Å². The minimum Gasteiger partial charge on any atom is -0.321 e. The van der Waals surface area contributed by atoms with Gasteiger partial charge in [0.15, 0.2) is 5.13 Å². The molecule has 0 spiro atoms. The number of aryl methyl sites for hydroxylation is 1. The molecule has 78 valence electrons. The second-order valence-corrected chi connectivity index (χ2v) is 4.57. The molecule has 4 heteroatoms. The van der Waals surface area contributed by atoms with Gasteiger partial charge in [-0.1, -0.05) is 29.3 Å². The quantitative estimate of drug-likeness (QED) is 0.790. The van der Waals surface area contributed by atoms with Gasteiger partial charge in [-0.15, -0.1) is 11.3 Å². The van der Waals surface area contributed by atoms with Crippen LogP contribution in [0.25, 0.3) is 0 Å². The standard InChI is InChI=1S/C11H11ClN2S/c1-8-3-5-9(6-4-8)14(2)11-13-10(12)7-15-11/h3-7H,1-2H3. The summed E-state index contributed by atoms with van der Waals surface area (Å²) < 4.78 is 0. The van der Waals surface area contributed by atoms with Crippen molar-refractivity contribution in [2.75, 3.05) is 11.9 Å².